The van der Waals surface area contributed by atoms with Crippen molar-refractivity contribution in [3.05, 3.63) is 53.9 Å². The molecule has 0 radical (unpaired) electrons. The number of anilines is 1. The monoisotopic (exact) mass is 286 g/mol. The Kier molecular flexibility index (Phi) is 5.29. The van der Waals surface area contributed by atoms with Crippen molar-refractivity contribution in [3.8, 4) is 5.75 Å². The van der Waals surface area contributed by atoms with E-state index < -0.39 is 0 Å². The van der Waals surface area contributed by atoms with Gasteiger partial charge in [0.15, 0.2) is 0 Å². The fourth-order valence-electron chi connectivity index (χ4n) is 2.01. The average molecular weight is 286 g/mol. The van der Waals surface area contributed by atoms with Gasteiger partial charge in [-0.15, -0.1) is 0 Å². The van der Waals surface area contributed by atoms with E-state index in [-0.39, 0.29) is 12.5 Å². The zero-order valence-corrected chi connectivity index (χ0v) is 11.9. The third-order valence-electron chi connectivity index (χ3n) is 3.12. The minimum Gasteiger partial charge on any atom is -0.496 e. The maximum Gasteiger partial charge on any atom is 0.224 e. The van der Waals surface area contributed by atoms with Crippen LogP contribution in [-0.2, 0) is 17.8 Å². The van der Waals surface area contributed by atoms with Crippen molar-refractivity contribution in [2.75, 3.05) is 12.4 Å². The van der Waals surface area contributed by atoms with Gasteiger partial charge in [-0.3, -0.25) is 9.78 Å². The van der Waals surface area contributed by atoms with E-state index in [0.29, 0.717) is 29.8 Å². The van der Waals surface area contributed by atoms with E-state index in [2.05, 4.69) is 10.3 Å². The SMILES string of the molecule is COc1ccc(NC(=O)CCc2ccncc2)cc1CO. The summed E-state index contributed by atoms with van der Waals surface area (Å²) in [7, 11) is 1.54. The molecule has 0 aliphatic heterocycles. The first-order valence-electron chi connectivity index (χ1n) is 6.69. The van der Waals surface area contributed by atoms with E-state index >= 15 is 0 Å². The van der Waals surface area contributed by atoms with Crippen molar-refractivity contribution in [1.29, 1.82) is 0 Å². The molecule has 0 unspecified atom stereocenters. The van der Waals surface area contributed by atoms with Gasteiger partial charge in [-0.05, 0) is 42.3 Å². The second-order valence-corrected chi connectivity index (χ2v) is 4.59. The highest BCUT2D eigenvalue weighted by molar-refractivity contribution is 5.91. The lowest BCUT2D eigenvalue weighted by Crippen LogP contribution is -2.12. The van der Waals surface area contributed by atoms with Crippen LogP contribution in [-0.4, -0.2) is 23.1 Å². The Morgan fingerprint density at radius 3 is 2.71 bits per heavy atom. The number of rotatable bonds is 6. The van der Waals surface area contributed by atoms with Gasteiger partial charge in [0.25, 0.3) is 0 Å². The zero-order valence-electron chi connectivity index (χ0n) is 11.9. The molecule has 0 fully saturated rings. The molecule has 5 nitrogen and oxygen atoms in total. The first kappa shape index (κ1) is 15.0. The number of carbonyl (C=O) groups is 1. The molecule has 0 atom stereocenters. The number of aliphatic hydroxyl groups is 1. The fourth-order valence-corrected chi connectivity index (χ4v) is 2.01. The summed E-state index contributed by atoms with van der Waals surface area (Å²) in [5.74, 6) is 0.535. The lowest BCUT2D eigenvalue weighted by atomic mass is 10.1. The van der Waals surface area contributed by atoms with E-state index in [4.69, 9.17) is 4.74 Å². The predicted molar refractivity (Wildman–Crippen MR) is 80.1 cm³/mol. The van der Waals surface area contributed by atoms with Crippen LogP contribution in [0.25, 0.3) is 0 Å². The number of pyridine rings is 1. The van der Waals surface area contributed by atoms with Gasteiger partial charge in [-0.25, -0.2) is 0 Å². The smallest absolute Gasteiger partial charge is 0.224 e. The van der Waals surface area contributed by atoms with Gasteiger partial charge < -0.3 is 15.2 Å². The number of methoxy groups -OCH3 is 1. The molecule has 0 spiro atoms. The number of aryl methyl sites for hydroxylation is 1. The molecular formula is C16H18N2O3. The minimum atomic E-state index is -0.135. The molecule has 1 amide bonds. The molecule has 0 aliphatic rings. The molecule has 1 aromatic heterocycles. The van der Waals surface area contributed by atoms with Crippen LogP contribution < -0.4 is 10.1 Å². The number of nitrogens with zero attached hydrogens (tertiary/aromatic N) is 1. The molecular weight excluding hydrogens is 268 g/mol. The number of nitrogens with one attached hydrogen (secondary N) is 1. The Morgan fingerprint density at radius 1 is 1.29 bits per heavy atom. The van der Waals surface area contributed by atoms with Crippen LogP contribution in [0.15, 0.2) is 42.7 Å². The minimum absolute atomic E-state index is 0.0686. The molecule has 2 aromatic rings. The third-order valence-corrected chi connectivity index (χ3v) is 3.12. The van der Waals surface area contributed by atoms with Gasteiger partial charge in [-0.2, -0.15) is 0 Å². The van der Waals surface area contributed by atoms with Gasteiger partial charge in [0.2, 0.25) is 5.91 Å². The number of aromatic nitrogens is 1. The average Bonchev–Trinajstić information content (AvgIpc) is 2.53. The Balaban J connectivity index is 1.93. The van der Waals surface area contributed by atoms with Crippen LogP contribution in [0.1, 0.15) is 17.5 Å². The number of amides is 1. The molecule has 1 aromatic carbocycles. The van der Waals surface area contributed by atoms with Crippen molar-refractivity contribution < 1.29 is 14.6 Å². The number of hydrogen-bond acceptors (Lipinski definition) is 4. The summed E-state index contributed by atoms with van der Waals surface area (Å²) in [4.78, 5) is 15.9. The topological polar surface area (TPSA) is 71.5 Å². The molecule has 2 N–H and O–H groups in total. The molecule has 0 aliphatic carbocycles. The van der Waals surface area contributed by atoms with Crippen LogP contribution >= 0.6 is 0 Å². The molecule has 110 valence electrons. The maximum atomic E-state index is 11.9. The predicted octanol–water partition coefficient (Wildman–Crippen LogP) is 2.15. The Labute approximate surface area is 123 Å². The highest BCUT2D eigenvalue weighted by atomic mass is 16.5. The molecule has 0 saturated heterocycles. The van der Waals surface area contributed by atoms with E-state index in [1.807, 2.05) is 12.1 Å². The summed E-state index contributed by atoms with van der Waals surface area (Å²) in [6, 6.07) is 8.98. The highest BCUT2D eigenvalue weighted by Gasteiger charge is 2.07. The summed E-state index contributed by atoms with van der Waals surface area (Å²) >= 11 is 0. The van der Waals surface area contributed by atoms with E-state index in [9.17, 15) is 9.90 Å². The second kappa shape index (κ2) is 7.40. The van der Waals surface area contributed by atoms with Gasteiger partial charge >= 0.3 is 0 Å². The van der Waals surface area contributed by atoms with Crippen molar-refractivity contribution >= 4 is 11.6 Å². The third kappa shape index (κ3) is 4.29. The Hall–Kier alpha value is -2.40. The molecule has 2 rings (SSSR count). The van der Waals surface area contributed by atoms with Crippen LogP contribution in [0, 0.1) is 0 Å². The standard InChI is InChI=1S/C16H18N2O3/c1-21-15-4-3-14(10-13(15)11-19)18-16(20)5-2-12-6-8-17-9-7-12/h3-4,6-10,19H,2,5,11H2,1H3,(H,18,20). The van der Waals surface area contributed by atoms with Gasteiger partial charge in [-0.1, -0.05) is 0 Å². The summed E-state index contributed by atoms with van der Waals surface area (Å²) in [5.41, 5.74) is 2.37. The van der Waals surface area contributed by atoms with E-state index in [1.165, 1.54) is 0 Å². The summed E-state index contributed by atoms with van der Waals surface area (Å²) in [6.07, 6.45) is 4.48. The van der Waals surface area contributed by atoms with E-state index in [0.717, 1.165) is 5.56 Å². The lowest BCUT2D eigenvalue weighted by Gasteiger charge is -2.10. The van der Waals surface area contributed by atoms with Crippen molar-refractivity contribution in [1.82, 2.24) is 4.98 Å². The van der Waals surface area contributed by atoms with Crippen LogP contribution in [0.5, 0.6) is 5.75 Å². The lowest BCUT2D eigenvalue weighted by molar-refractivity contribution is -0.116. The van der Waals surface area contributed by atoms with Crippen LogP contribution in [0.2, 0.25) is 0 Å². The largest absolute Gasteiger partial charge is 0.496 e. The second-order valence-electron chi connectivity index (χ2n) is 4.59. The molecule has 1 heterocycles. The van der Waals surface area contributed by atoms with Crippen LogP contribution in [0.4, 0.5) is 5.69 Å². The number of ether oxygens (including phenoxy) is 1. The molecule has 0 saturated carbocycles. The number of hydrogen-bond donors (Lipinski definition) is 2. The first-order chi connectivity index (χ1) is 10.2. The molecule has 0 bridgehead atoms. The molecule has 21 heavy (non-hydrogen) atoms. The zero-order chi connectivity index (χ0) is 15.1. The van der Waals surface area contributed by atoms with Crippen LogP contribution in [0.3, 0.4) is 0 Å². The Bertz CT molecular complexity index is 600. The van der Waals surface area contributed by atoms with Gasteiger partial charge in [0, 0.05) is 30.1 Å². The maximum absolute atomic E-state index is 11.9. The Morgan fingerprint density at radius 2 is 2.05 bits per heavy atom. The summed E-state index contributed by atoms with van der Waals surface area (Å²) in [6.45, 7) is -0.135. The summed E-state index contributed by atoms with van der Waals surface area (Å²) < 4.78 is 5.12. The number of carbonyl (C=O) groups excluding carboxylic acids is 1. The van der Waals surface area contributed by atoms with Gasteiger partial charge in [0.05, 0.1) is 13.7 Å². The highest BCUT2D eigenvalue weighted by Crippen LogP contribution is 2.22. The first-order valence-corrected chi connectivity index (χ1v) is 6.69. The van der Waals surface area contributed by atoms with Crippen molar-refractivity contribution in [2.45, 2.75) is 19.4 Å². The van der Waals surface area contributed by atoms with Crippen molar-refractivity contribution in [2.24, 2.45) is 0 Å². The molecule has 5 heteroatoms. The number of aliphatic hydroxyl groups excluding tert-OH is 1. The fraction of sp³-hybridized carbons (Fsp3) is 0.250. The quantitative estimate of drug-likeness (QED) is 0.853. The summed E-state index contributed by atoms with van der Waals surface area (Å²) in [5, 5.41) is 12.1. The van der Waals surface area contributed by atoms with Crippen molar-refractivity contribution in [3.63, 3.8) is 0 Å². The van der Waals surface area contributed by atoms with Gasteiger partial charge in [0.1, 0.15) is 5.75 Å². The normalized spacial score (nSPS) is 10.2. The number of benzene rings is 1. The van der Waals surface area contributed by atoms with E-state index in [1.54, 1.807) is 37.7 Å².